The summed E-state index contributed by atoms with van der Waals surface area (Å²) < 4.78 is 9.81. The molecule has 0 saturated heterocycles. The van der Waals surface area contributed by atoms with Gasteiger partial charge in [0.1, 0.15) is 6.79 Å². The van der Waals surface area contributed by atoms with Crippen molar-refractivity contribution in [3.8, 4) is 0 Å². The highest BCUT2D eigenvalue weighted by Crippen LogP contribution is 2.09. The lowest BCUT2D eigenvalue weighted by Crippen LogP contribution is -2.30. The van der Waals surface area contributed by atoms with Gasteiger partial charge in [0.25, 0.3) is 0 Å². The number of hydrogen-bond acceptors (Lipinski definition) is 5. The van der Waals surface area contributed by atoms with Gasteiger partial charge < -0.3 is 9.47 Å². The van der Waals surface area contributed by atoms with Crippen molar-refractivity contribution in [2.45, 2.75) is 0 Å². The van der Waals surface area contributed by atoms with E-state index >= 15 is 0 Å². The van der Waals surface area contributed by atoms with Gasteiger partial charge in [-0.25, -0.2) is 0 Å². The summed E-state index contributed by atoms with van der Waals surface area (Å²) in [6.45, 7) is 0.564. The Labute approximate surface area is 88.2 Å². The van der Waals surface area contributed by atoms with Crippen LogP contribution in [0.2, 0.25) is 0 Å². The molecular formula is C7H10O2S3. The van der Waals surface area contributed by atoms with Crippen molar-refractivity contribution in [2.24, 2.45) is 5.41 Å². The highest BCUT2D eigenvalue weighted by molar-refractivity contribution is 7.82. The van der Waals surface area contributed by atoms with Crippen LogP contribution >= 0.6 is 36.7 Å². The highest BCUT2D eigenvalue weighted by atomic mass is 32.1. The smallest absolute Gasteiger partial charge is 0.146 e. The molecule has 0 atom stereocenters. The Morgan fingerprint density at radius 1 is 1.17 bits per heavy atom. The van der Waals surface area contributed by atoms with Crippen LogP contribution in [0, 0.1) is 5.41 Å². The second kappa shape index (κ2) is 6.68. The lowest BCUT2D eigenvalue weighted by atomic mass is 9.98. The third-order valence-electron chi connectivity index (χ3n) is 1.21. The van der Waals surface area contributed by atoms with Gasteiger partial charge in [-0.3, -0.25) is 0 Å². The summed E-state index contributed by atoms with van der Waals surface area (Å²) in [5.41, 5.74) is -0.557. The van der Waals surface area contributed by atoms with Gasteiger partial charge in [-0.1, -0.05) is 36.7 Å². The third-order valence-corrected chi connectivity index (χ3v) is 2.53. The third kappa shape index (κ3) is 3.73. The minimum absolute atomic E-state index is 0.220. The van der Waals surface area contributed by atoms with Gasteiger partial charge in [0.05, 0.1) is 12.0 Å². The first kappa shape index (κ1) is 12.2. The fraction of sp³-hybridized carbons (Fsp3) is 0.571. The van der Waals surface area contributed by atoms with Crippen molar-refractivity contribution < 1.29 is 9.47 Å². The molecule has 0 aliphatic rings. The number of ether oxygens (including phenoxy) is 2. The van der Waals surface area contributed by atoms with Crippen LogP contribution in [0.5, 0.6) is 0 Å². The number of thiocarbonyl (C=S) groups is 3. The maximum absolute atomic E-state index is 5.11. The van der Waals surface area contributed by atoms with E-state index in [1.165, 1.54) is 16.1 Å². The zero-order chi connectivity index (χ0) is 9.45. The molecule has 0 N–H and O–H groups in total. The van der Waals surface area contributed by atoms with Crippen LogP contribution in [-0.4, -0.2) is 36.6 Å². The molecule has 0 fully saturated rings. The second-order valence-corrected chi connectivity index (χ2v) is 2.93. The van der Waals surface area contributed by atoms with Gasteiger partial charge in [0.2, 0.25) is 0 Å². The van der Waals surface area contributed by atoms with Gasteiger partial charge in [-0.05, 0) is 16.1 Å². The molecule has 0 heterocycles. The van der Waals surface area contributed by atoms with E-state index in [2.05, 4.69) is 0 Å². The maximum Gasteiger partial charge on any atom is 0.146 e. The van der Waals surface area contributed by atoms with Crippen molar-refractivity contribution in [1.82, 2.24) is 0 Å². The van der Waals surface area contributed by atoms with Gasteiger partial charge in [-0.2, -0.15) is 0 Å². The van der Waals surface area contributed by atoms with Gasteiger partial charge in [0, 0.05) is 7.11 Å². The SMILES string of the molecule is COCOCC(C=S)(C=S)C=S. The van der Waals surface area contributed by atoms with Crippen LogP contribution in [0.25, 0.3) is 0 Å². The number of rotatable bonds is 7. The van der Waals surface area contributed by atoms with Gasteiger partial charge in [-0.15, -0.1) is 0 Å². The summed E-state index contributed by atoms with van der Waals surface area (Å²) in [6, 6.07) is 0. The Kier molecular flexibility index (Phi) is 6.78. The summed E-state index contributed by atoms with van der Waals surface area (Å²) in [6.07, 6.45) is 0. The van der Waals surface area contributed by atoms with E-state index in [0.717, 1.165) is 0 Å². The quantitative estimate of drug-likeness (QED) is 0.369. The van der Waals surface area contributed by atoms with Crippen LogP contribution < -0.4 is 0 Å². The van der Waals surface area contributed by atoms with E-state index in [-0.39, 0.29) is 6.79 Å². The van der Waals surface area contributed by atoms with Crippen molar-refractivity contribution in [2.75, 3.05) is 20.5 Å². The molecule has 0 aromatic rings. The van der Waals surface area contributed by atoms with Crippen LogP contribution in [0.15, 0.2) is 0 Å². The molecule has 0 rings (SSSR count). The Morgan fingerprint density at radius 2 is 1.67 bits per heavy atom. The van der Waals surface area contributed by atoms with E-state index in [9.17, 15) is 0 Å². The van der Waals surface area contributed by atoms with Crippen molar-refractivity contribution in [1.29, 1.82) is 0 Å². The van der Waals surface area contributed by atoms with Gasteiger partial charge >= 0.3 is 0 Å². The Hall–Kier alpha value is 0.190. The van der Waals surface area contributed by atoms with Crippen LogP contribution in [0.1, 0.15) is 0 Å². The molecule has 0 amide bonds. The Bertz CT molecular complexity index is 148. The van der Waals surface area contributed by atoms with E-state index in [0.29, 0.717) is 6.61 Å². The second-order valence-electron chi connectivity index (χ2n) is 2.22. The average Bonchev–Trinajstić information content (AvgIpc) is 2.14. The summed E-state index contributed by atoms with van der Waals surface area (Å²) in [7, 11) is 1.55. The lowest BCUT2D eigenvalue weighted by molar-refractivity contribution is -0.0351. The first-order chi connectivity index (χ1) is 5.74. The topological polar surface area (TPSA) is 18.5 Å². The molecule has 0 saturated carbocycles. The summed E-state index contributed by atoms with van der Waals surface area (Å²) in [5, 5.41) is 4.51. The fourth-order valence-electron chi connectivity index (χ4n) is 0.487. The summed E-state index contributed by atoms with van der Waals surface area (Å²) >= 11 is 14.4. The first-order valence-electron chi connectivity index (χ1n) is 3.20. The molecule has 5 heteroatoms. The predicted molar refractivity (Wildman–Crippen MR) is 61.2 cm³/mol. The molecule has 0 spiro atoms. The molecule has 12 heavy (non-hydrogen) atoms. The molecule has 0 aliphatic heterocycles. The largest absolute Gasteiger partial charge is 0.359 e. The molecule has 0 aromatic heterocycles. The van der Waals surface area contributed by atoms with Crippen LogP contribution in [0.4, 0.5) is 0 Å². The summed E-state index contributed by atoms with van der Waals surface area (Å²) in [4.78, 5) is 0. The maximum atomic E-state index is 5.11. The van der Waals surface area contributed by atoms with E-state index < -0.39 is 5.41 Å². The number of hydrogen-bond donors (Lipinski definition) is 0. The highest BCUT2D eigenvalue weighted by Gasteiger charge is 2.21. The van der Waals surface area contributed by atoms with Gasteiger partial charge in [0.15, 0.2) is 0 Å². The van der Waals surface area contributed by atoms with Crippen molar-refractivity contribution >= 4 is 52.8 Å². The molecule has 0 aliphatic carbocycles. The van der Waals surface area contributed by atoms with Crippen molar-refractivity contribution in [3.63, 3.8) is 0 Å². The molecule has 68 valence electrons. The van der Waals surface area contributed by atoms with E-state index in [1.807, 2.05) is 0 Å². The normalized spacial score (nSPS) is 10.8. The molecule has 0 aromatic carbocycles. The average molecular weight is 222 g/mol. The fourth-order valence-corrected chi connectivity index (χ4v) is 1.36. The molecule has 0 radical (unpaired) electrons. The van der Waals surface area contributed by atoms with Crippen LogP contribution in [-0.2, 0) is 9.47 Å². The predicted octanol–water partition coefficient (Wildman–Crippen LogP) is 1.59. The standard InChI is InChI=1S/C7H10O2S3/c1-8-6-9-2-7(3-10,4-11)5-12/h3-5H,2,6H2,1H3. The molecule has 0 bridgehead atoms. The van der Waals surface area contributed by atoms with E-state index in [4.69, 9.17) is 46.1 Å². The monoisotopic (exact) mass is 222 g/mol. The minimum atomic E-state index is -0.557. The zero-order valence-corrected chi connectivity index (χ0v) is 9.14. The van der Waals surface area contributed by atoms with Crippen molar-refractivity contribution in [3.05, 3.63) is 0 Å². The summed E-state index contributed by atoms with van der Waals surface area (Å²) in [5.74, 6) is 0. The Morgan fingerprint density at radius 3 is 2.00 bits per heavy atom. The zero-order valence-electron chi connectivity index (χ0n) is 6.69. The number of methoxy groups -OCH3 is 1. The van der Waals surface area contributed by atoms with Crippen LogP contribution in [0.3, 0.4) is 0 Å². The molecule has 2 nitrogen and oxygen atoms in total. The first-order valence-corrected chi connectivity index (χ1v) is 4.62. The molecule has 0 unspecified atom stereocenters. The van der Waals surface area contributed by atoms with E-state index in [1.54, 1.807) is 7.11 Å². The lowest BCUT2D eigenvalue weighted by Gasteiger charge is -2.18. The minimum Gasteiger partial charge on any atom is -0.359 e. The molecular weight excluding hydrogens is 212 g/mol. The Balaban J connectivity index is 4.02.